The highest BCUT2D eigenvalue weighted by atomic mass is 32.1. The van der Waals surface area contributed by atoms with Crippen LogP contribution in [-0.4, -0.2) is 42.4 Å². The summed E-state index contributed by atoms with van der Waals surface area (Å²) < 4.78 is 0. The molecular formula is C19H23N5S. The number of anilines is 1. The van der Waals surface area contributed by atoms with Gasteiger partial charge in [0.15, 0.2) is 5.11 Å². The van der Waals surface area contributed by atoms with Gasteiger partial charge in [0.2, 0.25) is 0 Å². The average Bonchev–Trinajstić information content (AvgIpc) is 2.63. The molecular weight excluding hydrogens is 330 g/mol. The van der Waals surface area contributed by atoms with Crippen LogP contribution in [0.2, 0.25) is 0 Å². The summed E-state index contributed by atoms with van der Waals surface area (Å²) in [5, 5.41) is 4.26. The fourth-order valence-corrected chi connectivity index (χ4v) is 3.09. The number of thiocarbonyl (C=S) groups is 1. The van der Waals surface area contributed by atoms with Gasteiger partial charge in [-0.1, -0.05) is 48.5 Å². The molecule has 0 amide bonds. The minimum atomic E-state index is 0.170. The second-order valence-electron chi connectivity index (χ2n) is 6.04. The lowest BCUT2D eigenvalue weighted by atomic mass is 10.1. The molecule has 0 aromatic heterocycles. The van der Waals surface area contributed by atoms with E-state index >= 15 is 0 Å². The van der Waals surface area contributed by atoms with Crippen LogP contribution in [0.15, 0.2) is 59.7 Å². The SMILES string of the molecule is NC(=S)NN=Cc1ccccc1N1CCN(Cc2ccccc2)CC1. The minimum absolute atomic E-state index is 0.170. The summed E-state index contributed by atoms with van der Waals surface area (Å²) in [7, 11) is 0. The number of rotatable bonds is 5. The van der Waals surface area contributed by atoms with Crippen molar-refractivity contribution in [3.63, 3.8) is 0 Å². The van der Waals surface area contributed by atoms with E-state index in [2.05, 4.69) is 68.9 Å². The molecule has 2 aromatic carbocycles. The first-order chi connectivity index (χ1) is 12.2. The molecule has 0 spiro atoms. The fraction of sp³-hybridized carbons (Fsp3) is 0.263. The van der Waals surface area contributed by atoms with E-state index < -0.39 is 0 Å². The molecule has 130 valence electrons. The molecule has 0 bridgehead atoms. The van der Waals surface area contributed by atoms with E-state index in [1.54, 1.807) is 6.21 Å². The van der Waals surface area contributed by atoms with E-state index in [1.165, 1.54) is 11.3 Å². The molecule has 0 unspecified atom stereocenters. The molecule has 1 saturated heterocycles. The van der Waals surface area contributed by atoms with Gasteiger partial charge in [-0.15, -0.1) is 0 Å². The Bertz CT molecular complexity index is 724. The van der Waals surface area contributed by atoms with Crippen molar-refractivity contribution in [2.45, 2.75) is 6.54 Å². The van der Waals surface area contributed by atoms with Crippen LogP contribution in [0.3, 0.4) is 0 Å². The second kappa shape index (κ2) is 8.60. The quantitative estimate of drug-likeness (QED) is 0.490. The summed E-state index contributed by atoms with van der Waals surface area (Å²) in [6, 6.07) is 18.9. The average molecular weight is 353 g/mol. The van der Waals surface area contributed by atoms with Crippen molar-refractivity contribution >= 4 is 29.2 Å². The lowest BCUT2D eigenvalue weighted by molar-refractivity contribution is 0.250. The first kappa shape index (κ1) is 17.4. The smallest absolute Gasteiger partial charge is 0.184 e. The Morgan fingerprint density at radius 3 is 2.44 bits per heavy atom. The van der Waals surface area contributed by atoms with Crippen LogP contribution < -0.4 is 16.1 Å². The molecule has 1 fully saturated rings. The van der Waals surface area contributed by atoms with Crippen molar-refractivity contribution < 1.29 is 0 Å². The van der Waals surface area contributed by atoms with Crippen LogP contribution in [0, 0.1) is 0 Å². The third-order valence-corrected chi connectivity index (χ3v) is 4.37. The molecule has 0 radical (unpaired) electrons. The lowest BCUT2D eigenvalue weighted by Gasteiger charge is -2.36. The van der Waals surface area contributed by atoms with Gasteiger partial charge in [0, 0.05) is 44.0 Å². The first-order valence-electron chi connectivity index (χ1n) is 8.41. The highest BCUT2D eigenvalue weighted by Crippen LogP contribution is 2.21. The van der Waals surface area contributed by atoms with Gasteiger partial charge >= 0.3 is 0 Å². The first-order valence-corrected chi connectivity index (χ1v) is 8.82. The summed E-state index contributed by atoms with van der Waals surface area (Å²) in [6.07, 6.45) is 1.77. The summed E-state index contributed by atoms with van der Waals surface area (Å²) >= 11 is 4.77. The largest absolute Gasteiger partial charge is 0.375 e. The standard InChI is InChI=1S/C19H23N5S/c20-19(25)22-21-14-17-8-4-5-9-18(17)24-12-10-23(11-13-24)15-16-6-2-1-3-7-16/h1-9,14H,10-13,15H2,(H3,20,22,25). The van der Waals surface area contributed by atoms with Crippen LogP contribution in [0.5, 0.6) is 0 Å². The van der Waals surface area contributed by atoms with Gasteiger partial charge in [0.25, 0.3) is 0 Å². The van der Waals surface area contributed by atoms with E-state index in [9.17, 15) is 0 Å². The Labute approximate surface area is 154 Å². The van der Waals surface area contributed by atoms with E-state index in [0.29, 0.717) is 0 Å². The zero-order chi connectivity index (χ0) is 17.5. The minimum Gasteiger partial charge on any atom is -0.375 e. The van der Waals surface area contributed by atoms with Gasteiger partial charge in [-0.3, -0.25) is 10.3 Å². The molecule has 1 heterocycles. The van der Waals surface area contributed by atoms with E-state index in [0.717, 1.165) is 38.3 Å². The third-order valence-electron chi connectivity index (χ3n) is 4.28. The molecule has 1 aliphatic heterocycles. The van der Waals surface area contributed by atoms with Gasteiger partial charge in [0.05, 0.1) is 6.21 Å². The van der Waals surface area contributed by atoms with Gasteiger partial charge in [-0.05, 0) is 23.8 Å². The van der Waals surface area contributed by atoms with Crippen LogP contribution in [0.4, 0.5) is 5.69 Å². The fourth-order valence-electron chi connectivity index (χ4n) is 3.04. The number of para-hydroxylation sites is 1. The molecule has 1 aliphatic rings. The zero-order valence-corrected chi connectivity index (χ0v) is 15.0. The number of piperazine rings is 1. The zero-order valence-electron chi connectivity index (χ0n) is 14.1. The number of hydrazone groups is 1. The number of nitrogens with zero attached hydrogens (tertiary/aromatic N) is 3. The van der Waals surface area contributed by atoms with E-state index in [-0.39, 0.29) is 5.11 Å². The lowest BCUT2D eigenvalue weighted by Crippen LogP contribution is -2.46. The number of nitrogens with one attached hydrogen (secondary N) is 1. The van der Waals surface area contributed by atoms with Crippen molar-refractivity contribution in [1.82, 2.24) is 10.3 Å². The van der Waals surface area contributed by atoms with Crippen LogP contribution in [0.1, 0.15) is 11.1 Å². The molecule has 0 saturated carbocycles. The Morgan fingerprint density at radius 2 is 1.72 bits per heavy atom. The van der Waals surface area contributed by atoms with Crippen molar-refractivity contribution in [2.75, 3.05) is 31.1 Å². The van der Waals surface area contributed by atoms with Crippen LogP contribution in [-0.2, 0) is 6.54 Å². The predicted molar refractivity (Wildman–Crippen MR) is 108 cm³/mol. The van der Waals surface area contributed by atoms with Gasteiger partial charge < -0.3 is 10.6 Å². The van der Waals surface area contributed by atoms with Gasteiger partial charge in [0.1, 0.15) is 0 Å². The number of nitrogens with two attached hydrogens (primary N) is 1. The Kier molecular flexibility index (Phi) is 5.98. The summed E-state index contributed by atoms with van der Waals surface area (Å²) in [5.74, 6) is 0. The summed E-state index contributed by atoms with van der Waals surface area (Å²) in [6.45, 7) is 5.10. The van der Waals surface area contributed by atoms with Crippen molar-refractivity contribution in [1.29, 1.82) is 0 Å². The monoisotopic (exact) mass is 353 g/mol. The molecule has 0 aliphatic carbocycles. The van der Waals surface area contributed by atoms with Crippen LogP contribution in [0.25, 0.3) is 0 Å². The molecule has 0 atom stereocenters. The van der Waals surface area contributed by atoms with Gasteiger partial charge in [-0.2, -0.15) is 5.10 Å². The maximum atomic E-state index is 5.41. The van der Waals surface area contributed by atoms with Crippen molar-refractivity contribution in [3.8, 4) is 0 Å². The molecule has 2 aromatic rings. The maximum absolute atomic E-state index is 5.41. The highest BCUT2D eigenvalue weighted by molar-refractivity contribution is 7.80. The predicted octanol–water partition coefficient (Wildman–Crippen LogP) is 2.18. The molecule has 25 heavy (non-hydrogen) atoms. The van der Waals surface area contributed by atoms with Crippen molar-refractivity contribution in [3.05, 3.63) is 65.7 Å². The summed E-state index contributed by atoms with van der Waals surface area (Å²) in [5.41, 5.74) is 11.6. The van der Waals surface area contributed by atoms with Crippen LogP contribution >= 0.6 is 12.2 Å². The number of hydrogen-bond acceptors (Lipinski definition) is 4. The second-order valence-corrected chi connectivity index (χ2v) is 6.48. The normalized spacial score (nSPS) is 15.4. The Morgan fingerprint density at radius 1 is 1.04 bits per heavy atom. The molecule has 6 heteroatoms. The van der Waals surface area contributed by atoms with Crippen molar-refractivity contribution in [2.24, 2.45) is 10.8 Å². The number of benzene rings is 2. The topological polar surface area (TPSA) is 56.9 Å². The molecule has 5 nitrogen and oxygen atoms in total. The summed E-state index contributed by atoms with van der Waals surface area (Å²) in [4.78, 5) is 4.90. The Hall–Kier alpha value is -2.44. The van der Waals surface area contributed by atoms with Gasteiger partial charge in [-0.25, -0.2) is 0 Å². The molecule has 3 N–H and O–H groups in total. The van der Waals surface area contributed by atoms with E-state index in [1.807, 2.05) is 6.07 Å². The highest BCUT2D eigenvalue weighted by Gasteiger charge is 2.18. The number of hydrogen-bond donors (Lipinski definition) is 2. The Balaban J connectivity index is 1.61. The molecule has 3 rings (SSSR count). The van der Waals surface area contributed by atoms with E-state index in [4.69, 9.17) is 18.0 Å². The third kappa shape index (κ3) is 5.01. The maximum Gasteiger partial charge on any atom is 0.184 e.